The van der Waals surface area contributed by atoms with Gasteiger partial charge in [-0.3, -0.25) is 4.79 Å². The summed E-state index contributed by atoms with van der Waals surface area (Å²) >= 11 is 0. The van der Waals surface area contributed by atoms with E-state index >= 15 is 0 Å². The largest absolute Gasteiger partial charge is 0.362 e. The summed E-state index contributed by atoms with van der Waals surface area (Å²) in [5.41, 5.74) is 2.58. The number of para-hydroxylation sites is 1. The predicted octanol–water partition coefficient (Wildman–Crippen LogP) is 2.36. The second-order valence-corrected chi connectivity index (χ2v) is 4.86. The van der Waals surface area contributed by atoms with Crippen molar-refractivity contribution in [3.8, 4) is 0 Å². The van der Waals surface area contributed by atoms with Crippen molar-refractivity contribution in [3.05, 3.63) is 29.8 Å². The number of nitrogens with zero attached hydrogens (tertiary/aromatic N) is 1. The van der Waals surface area contributed by atoms with Gasteiger partial charge in [-0.05, 0) is 24.5 Å². The minimum absolute atomic E-state index is 0.141. The molecule has 1 N–H and O–H groups in total. The van der Waals surface area contributed by atoms with Gasteiger partial charge in [0.15, 0.2) is 0 Å². The van der Waals surface area contributed by atoms with Gasteiger partial charge in [0.05, 0.1) is 6.54 Å². The van der Waals surface area contributed by atoms with E-state index in [-0.39, 0.29) is 5.91 Å². The fourth-order valence-corrected chi connectivity index (χ4v) is 2.40. The van der Waals surface area contributed by atoms with Crippen LogP contribution in [-0.2, 0) is 11.2 Å². The molecule has 0 atom stereocenters. The van der Waals surface area contributed by atoms with Crippen molar-refractivity contribution in [2.45, 2.75) is 32.6 Å². The second kappa shape index (κ2) is 6.43. The lowest BCUT2D eigenvalue weighted by molar-refractivity contribution is -0.119. The van der Waals surface area contributed by atoms with Crippen LogP contribution in [0.5, 0.6) is 0 Å². The van der Waals surface area contributed by atoms with Gasteiger partial charge in [-0.2, -0.15) is 0 Å². The molecule has 1 aliphatic rings. The Morgan fingerprint density at radius 1 is 1.33 bits per heavy atom. The summed E-state index contributed by atoms with van der Waals surface area (Å²) in [6, 6.07) is 8.35. The summed E-state index contributed by atoms with van der Waals surface area (Å²) < 4.78 is 0. The smallest absolute Gasteiger partial charge is 0.239 e. The first-order valence-corrected chi connectivity index (χ1v) is 6.91. The zero-order valence-corrected chi connectivity index (χ0v) is 11.1. The number of carbonyl (C=O) groups excluding carboxylic acids is 1. The third-order valence-electron chi connectivity index (χ3n) is 3.42. The predicted molar refractivity (Wildman–Crippen MR) is 74.9 cm³/mol. The molecule has 2 rings (SSSR count). The number of benzene rings is 1. The Morgan fingerprint density at radius 3 is 3.00 bits per heavy atom. The average molecular weight is 246 g/mol. The molecule has 0 fully saturated rings. The van der Waals surface area contributed by atoms with Crippen molar-refractivity contribution in [2.24, 2.45) is 0 Å². The summed E-state index contributed by atoms with van der Waals surface area (Å²) in [7, 11) is 0. The molecule has 0 saturated carbocycles. The SMILES string of the molecule is CCCCCNC(=O)CN1CCc2ccccc21. The van der Waals surface area contributed by atoms with Gasteiger partial charge in [-0.25, -0.2) is 0 Å². The molecule has 1 heterocycles. The highest BCUT2D eigenvalue weighted by molar-refractivity contribution is 5.82. The van der Waals surface area contributed by atoms with E-state index < -0.39 is 0 Å². The summed E-state index contributed by atoms with van der Waals surface area (Å²) in [6.07, 6.45) is 4.51. The molecule has 0 unspecified atom stereocenters. The molecule has 1 aromatic rings. The number of unbranched alkanes of at least 4 members (excludes halogenated alkanes) is 2. The summed E-state index contributed by atoms with van der Waals surface area (Å²) in [4.78, 5) is 14.0. The minimum atomic E-state index is 0.141. The molecule has 1 aliphatic heterocycles. The van der Waals surface area contributed by atoms with Crippen LogP contribution in [0.25, 0.3) is 0 Å². The number of fused-ring (bicyclic) bond motifs is 1. The first kappa shape index (κ1) is 12.9. The fraction of sp³-hybridized carbons (Fsp3) is 0.533. The second-order valence-electron chi connectivity index (χ2n) is 4.86. The zero-order chi connectivity index (χ0) is 12.8. The first-order valence-electron chi connectivity index (χ1n) is 6.91. The van der Waals surface area contributed by atoms with Gasteiger partial charge >= 0.3 is 0 Å². The van der Waals surface area contributed by atoms with Crippen molar-refractivity contribution in [1.29, 1.82) is 0 Å². The maximum atomic E-state index is 11.8. The molecule has 0 spiro atoms. The molecule has 3 heteroatoms. The molecule has 3 nitrogen and oxygen atoms in total. The van der Waals surface area contributed by atoms with Crippen LogP contribution in [-0.4, -0.2) is 25.5 Å². The number of anilines is 1. The maximum absolute atomic E-state index is 11.8. The van der Waals surface area contributed by atoms with Crippen LogP contribution in [0, 0.1) is 0 Å². The quantitative estimate of drug-likeness (QED) is 0.781. The van der Waals surface area contributed by atoms with Crippen LogP contribution in [0.4, 0.5) is 5.69 Å². The lowest BCUT2D eigenvalue weighted by Gasteiger charge is -2.18. The van der Waals surface area contributed by atoms with Crippen LogP contribution in [0.2, 0.25) is 0 Å². The lowest BCUT2D eigenvalue weighted by Crippen LogP contribution is -2.36. The number of carbonyl (C=O) groups is 1. The van der Waals surface area contributed by atoms with Crippen molar-refractivity contribution in [2.75, 3.05) is 24.5 Å². The highest BCUT2D eigenvalue weighted by atomic mass is 16.2. The summed E-state index contributed by atoms with van der Waals surface area (Å²) in [5.74, 6) is 0.141. The Morgan fingerprint density at radius 2 is 2.17 bits per heavy atom. The molecule has 1 aromatic carbocycles. The third kappa shape index (κ3) is 3.25. The molecule has 0 radical (unpaired) electrons. The maximum Gasteiger partial charge on any atom is 0.239 e. The molecule has 98 valence electrons. The zero-order valence-electron chi connectivity index (χ0n) is 11.1. The molecule has 0 aromatic heterocycles. The number of amides is 1. The highest BCUT2D eigenvalue weighted by Gasteiger charge is 2.19. The van der Waals surface area contributed by atoms with E-state index in [4.69, 9.17) is 0 Å². The summed E-state index contributed by atoms with van der Waals surface area (Å²) in [5, 5.41) is 2.99. The first-order chi connectivity index (χ1) is 8.81. The molecule has 0 bridgehead atoms. The van der Waals surface area contributed by atoms with Crippen LogP contribution in [0.15, 0.2) is 24.3 Å². The van der Waals surface area contributed by atoms with Crippen molar-refractivity contribution < 1.29 is 4.79 Å². The fourth-order valence-electron chi connectivity index (χ4n) is 2.40. The van der Waals surface area contributed by atoms with E-state index in [0.29, 0.717) is 6.54 Å². The van der Waals surface area contributed by atoms with Crippen LogP contribution < -0.4 is 10.2 Å². The number of nitrogens with one attached hydrogen (secondary N) is 1. The van der Waals surface area contributed by atoms with Gasteiger partial charge in [0.1, 0.15) is 0 Å². The van der Waals surface area contributed by atoms with Crippen molar-refractivity contribution >= 4 is 11.6 Å². The Kier molecular flexibility index (Phi) is 4.62. The Bertz CT molecular complexity index is 403. The van der Waals surface area contributed by atoms with E-state index in [1.807, 2.05) is 6.07 Å². The van der Waals surface area contributed by atoms with Gasteiger partial charge < -0.3 is 10.2 Å². The highest BCUT2D eigenvalue weighted by Crippen LogP contribution is 2.26. The van der Waals surface area contributed by atoms with Crippen LogP contribution in [0.3, 0.4) is 0 Å². The molecular weight excluding hydrogens is 224 g/mol. The lowest BCUT2D eigenvalue weighted by atomic mass is 10.2. The Hall–Kier alpha value is -1.51. The topological polar surface area (TPSA) is 32.3 Å². The van der Waals surface area contributed by atoms with Gasteiger partial charge in [-0.15, -0.1) is 0 Å². The van der Waals surface area contributed by atoms with Gasteiger partial charge in [-0.1, -0.05) is 38.0 Å². The number of hydrogen-bond acceptors (Lipinski definition) is 2. The summed E-state index contributed by atoms with van der Waals surface area (Å²) in [6.45, 7) is 4.43. The number of rotatable bonds is 6. The van der Waals surface area contributed by atoms with E-state index in [1.165, 1.54) is 24.1 Å². The van der Waals surface area contributed by atoms with Crippen LogP contribution in [0.1, 0.15) is 31.7 Å². The number of hydrogen-bond donors (Lipinski definition) is 1. The molecule has 0 aliphatic carbocycles. The standard InChI is InChI=1S/C15H22N2O/c1-2-3-6-10-16-15(18)12-17-11-9-13-7-4-5-8-14(13)17/h4-5,7-8H,2-3,6,9-12H2,1H3,(H,16,18). The normalized spacial score (nSPS) is 13.5. The van der Waals surface area contributed by atoms with E-state index in [0.717, 1.165) is 25.9 Å². The van der Waals surface area contributed by atoms with Gasteiger partial charge in [0.2, 0.25) is 5.91 Å². The Labute approximate surface area is 109 Å². The molecule has 0 saturated heterocycles. The minimum Gasteiger partial charge on any atom is -0.362 e. The molecular formula is C15H22N2O. The third-order valence-corrected chi connectivity index (χ3v) is 3.42. The van der Waals surface area contributed by atoms with Crippen molar-refractivity contribution in [1.82, 2.24) is 5.32 Å². The Balaban J connectivity index is 1.79. The van der Waals surface area contributed by atoms with Gasteiger partial charge in [0, 0.05) is 18.8 Å². The van der Waals surface area contributed by atoms with Crippen LogP contribution >= 0.6 is 0 Å². The monoisotopic (exact) mass is 246 g/mol. The van der Waals surface area contributed by atoms with Crippen molar-refractivity contribution in [3.63, 3.8) is 0 Å². The van der Waals surface area contributed by atoms with E-state index in [2.05, 4.69) is 35.3 Å². The van der Waals surface area contributed by atoms with E-state index in [1.54, 1.807) is 0 Å². The van der Waals surface area contributed by atoms with E-state index in [9.17, 15) is 4.79 Å². The average Bonchev–Trinajstić information content (AvgIpc) is 2.78. The molecule has 18 heavy (non-hydrogen) atoms. The van der Waals surface area contributed by atoms with Gasteiger partial charge in [0.25, 0.3) is 0 Å². The molecule has 1 amide bonds.